The molecule has 0 saturated carbocycles. The molecule has 2 aliphatic heterocycles. The number of nitrogens with zero attached hydrogens (tertiary/aromatic N) is 2. The first kappa shape index (κ1) is 16.9. The summed E-state index contributed by atoms with van der Waals surface area (Å²) >= 11 is 6.25. The van der Waals surface area contributed by atoms with Crippen LogP contribution in [0.3, 0.4) is 0 Å². The largest absolute Gasteiger partial charge is 0.325 e. The third-order valence-electron chi connectivity index (χ3n) is 5.34. The maximum Gasteiger partial charge on any atom is 0.240 e. The van der Waals surface area contributed by atoms with Gasteiger partial charge in [-0.05, 0) is 29.3 Å². The van der Waals surface area contributed by atoms with E-state index in [9.17, 15) is 14.0 Å². The fourth-order valence-corrected chi connectivity index (χ4v) is 4.23. The van der Waals surface area contributed by atoms with Gasteiger partial charge in [0.25, 0.3) is 0 Å². The quantitative estimate of drug-likeness (QED) is 0.697. The second-order valence-corrected chi connectivity index (χ2v) is 7.34. The number of anilines is 2. The lowest BCUT2D eigenvalue weighted by Gasteiger charge is -2.31. The van der Waals surface area contributed by atoms with Gasteiger partial charge in [0, 0.05) is 22.7 Å². The van der Waals surface area contributed by atoms with Gasteiger partial charge in [0.2, 0.25) is 11.8 Å². The molecule has 0 radical (unpaired) electrons. The van der Waals surface area contributed by atoms with Crippen molar-refractivity contribution in [1.82, 2.24) is 9.78 Å². The summed E-state index contributed by atoms with van der Waals surface area (Å²) < 4.78 is 15.3. The van der Waals surface area contributed by atoms with Crippen LogP contribution in [-0.4, -0.2) is 21.6 Å². The van der Waals surface area contributed by atoms with E-state index in [2.05, 4.69) is 15.7 Å². The summed E-state index contributed by atoms with van der Waals surface area (Å²) in [6, 6.07) is 11.5. The van der Waals surface area contributed by atoms with Crippen molar-refractivity contribution in [2.24, 2.45) is 0 Å². The molecule has 3 aromatic rings. The van der Waals surface area contributed by atoms with E-state index in [1.54, 1.807) is 23.0 Å². The predicted octanol–water partition coefficient (Wildman–Crippen LogP) is 3.30. The molecule has 1 aromatic heterocycles. The molecule has 140 valence electrons. The van der Waals surface area contributed by atoms with Crippen LogP contribution < -0.4 is 10.6 Å². The zero-order chi connectivity index (χ0) is 19.5. The van der Waals surface area contributed by atoms with Crippen LogP contribution in [0.15, 0.2) is 48.7 Å². The maximum atomic E-state index is 13.6. The highest BCUT2D eigenvalue weighted by Crippen LogP contribution is 2.49. The second kappa shape index (κ2) is 5.90. The van der Waals surface area contributed by atoms with Gasteiger partial charge in [0.15, 0.2) is 0 Å². The van der Waals surface area contributed by atoms with Crippen molar-refractivity contribution >= 4 is 34.9 Å². The fraction of sp³-hybridized carbons (Fsp3) is 0.150. The minimum Gasteiger partial charge on any atom is -0.325 e. The van der Waals surface area contributed by atoms with E-state index >= 15 is 0 Å². The normalized spacial score (nSPS) is 19.9. The summed E-state index contributed by atoms with van der Waals surface area (Å²) in [5, 5.41) is 10.5. The topological polar surface area (TPSA) is 76.0 Å². The van der Waals surface area contributed by atoms with Crippen LogP contribution in [0.4, 0.5) is 15.9 Å². The zero-order valence-electron chi connectivity index (χ0n) is 14.5. The van der Waals surface area contributed by atoms with Crippen molar-refractivity contribution in [3.8, 4) is 0 Å². The van der Waals surface area contributed by atoms with Crippen LogP contribution in [0.2, 0.25) is 5.02 Å². The Kier molecular flexibility index (Phi) is 3.57. The van der Waals surface area contributed by atoms with Crippen LogP contribution >= 0.6 is 11.6 Å². The van der Waals surface area contributed by atoms with Crippen LogP contribution in [0.25, 0.3) is 0 Å². The Bertz CT molecular complexity index is 1160. The van der Waals surface area contributed by atoms with Crippen molar-refractivity contribution in [2.45, 2.75) is 18.4 Å². The molecule has 2 aliphatic rings. The number of hydrogen-bond donors (Lipinski definition) is 2. The molecule has 2 amide bonds. The van der Waals surface area contributed by atoms with Crippen molar-refractivity contribution in [2.75, 3.05) is 10.6 Å². The monoisotopic (exact) mass is 396 g/mol. The Labute approximate surface area is 164 Å². The van der Waals surface area contributed by atoms with Crippen molar-refractivity contribution in [3.05, 3.63) is 76.2 Å². The van der Waals surface area contributed by atoms with E-state index in [0.717, 1.165) is 5.56 Å². The summed E-state index contributed by atoms with van der Waals surface area (Å²) in [5.41, 5.74) is 1.15. The second-order valence-electron chi connectivity index (χ2n) is 6.93. The van der Waals surface area contributed by atoms with E-state index in [0.29, 0.717) is 34.2 Å². The molecule has 8 heteroatoms. The number of carbonyl (C=O) groups excluding carboxylic acids is 2. The first-order valence-corrected chi connectivity index (χ1v) is 9.08. The maximum absolute atomic E-state index is 13.6. The first-order valence-electron chi connectivity index (χ1n) is 8.70. The number of amides is 2. The Balaban J connectivity index is 1.66. The zero-order valence-corrected chi connectivity index (χ0v) is 15.3. The van der Waals surface area contributed by atoms with E-state index < -0.39 is 11.2 Å². The Morgan fingerprint density at radius 2 is 1.96 bits per heavy atom. The third kappa shape index (κ3) is 2.29. The Hall–Kier alpha value is -3.19. The van der Waals surface area contributed by atoms with Gasteiger partial charge in [-0.1, -0.05) is 35.9 Å². The van der Waals surface area contributed by atoms with E-state index in [4.69, 9.17) is 11.6 Å². The molecule has 6 nitrogen and oxygen atoms in total. The van der Waals surface area contributed by atoms with Gasteiger partial charge in [-0.15, -0.1) is 0 Å². The van der Waals surface area contributed by atoms with Crippen LogP contribution in [0.5, 0.6) is 0 Å². The molecule has 0 saturated heterocycles. The molecule has 0 bridgehead atoms. The van der Waals surface area contributed by atoms with Crippen molar-refractivity contribution in [1.29, 1.82) is 0 Å². The lowest BCUT2D eigenvalue weighted by atomic mass is 9.72. The number of halogens is 2. The number of hydrogen-bond acceptors (Lipinski definition) is 3. The highest BCUT2D eigenvalue weighted by atomic mass is 35.5. The molecule has 0 unspecified atom stereocenters. The molecular weight excluding hydrogens is 383 g/mol. The van der Waals surface area contributed by atoms with Gasteiger partial charge >= 0.3 is 0 Å². The molecule has 0 fully saturated rings. The van der Waals surface area contributed by atoms with Gasteiger partial charge in [-0.3, -0.25) is 9.59 Å². The first-order chi connectivity index (χ1) is 13.5. The van der Waals surface area contributed by atoms with E-state index in [-0.39, 0.29) is 18.2 Å². The number of aromatic nitrogens is 2. The molecule has 2 N–H and O–H groups in total. The molecule has 1 atom stereocenters. The lowest BCUT2D eigenvalue weighted by Crippen LogP contribution is -2.43. The number of nitrogens with one attached hydrogen (secondary N) is 2. The molecular formula is C20H14ClFN4O2. The minimum absolute atomic E-state index is 0.0672. The van der Waals surface area contributed by atoms with Crippen LogP contribution in [0.1, 0.15) is 23.1 Å². The lowest BCUT2D eigenvalue weighted by molar-refractivity contribution is -0.125. The van der Waals surface area contributed by atoms with E-state index in [1.165, 1.54) is 12.1 Å². The molecule has 2 aromatic carbocycles. The van der Waals surface area contributed by atoms with Crippen LogP contribution in [0, 0.1) is 5.82 Å². The fourth-order valence-electron chi connectivity index (χ4n) is 4.04. The standard InChI is InChI=1S/C20H14ClFN4O2/c21-15-4-2-1-3-11(15)10-26-18-14(9-23-26)20(8-17(27)25-18)13-6-5-12(22)7-16(13)24-19(20)28/h1-7,9H,8,10H2,(H,24,28)(H,25,27)/t20-/m1/s1. The van der Waals surface area contributed by atoms with E-state index in [1.807, 2.05) is 18.2 Å². The van der Waals surface area contributed by atoms with Gasteiger partial charge in [-0.25, -0.2) is 9.07 Å². The van der Waals surface area contributed by atoms with Crippen molar-refractivity contribution < 1.29 is 14.0 Å². The predicted molar refractivity (Wildman–Crippen MR) is 102 cm³/mol. The average Bonchev–Trinajstić information content (AvgIpc) is 3.17. The van der Waals surface area contributed by atoms with Gasteiger partial charge in [0.1, 0.15) is 17.1 Å². The Morgan fingerprint density at radius 1 is 1.14 bits per heavy atom. The summed E-state index contributed by atoms with van der Waals surface area (Å²) in [6.07, 6.45) is 1.52. The van der Waals surface area contributed by atoms with Gasteiger partial charge in [0.05, 0.1) is 12.7 Å². The minimum atomic E-state index is -1.22. The molecule has 3 heterocycles. The summed E-state index contributed by atoms with van der Waals surface area (Å²) in [5.74, 6) is -0.670. The smallest absolute Gasteiger partial charge is 0.240 e. The number of carbonyl (C=O) groups is 2. The SMILES string of the molecule is O=C1C[C@]2(C(=O)Nc3cc(F)ccc32)c2cnn(Cc3ccccc3Cl)c2N1. The van der Waals surface area contributed by atoms with Gasteiger partial charge < -0.3 is 10.6 Å². The van der Waals surface area contributed by atoms with Crippen LogP contribution in [-0.2, 0) is 21.5 Å². The van der Waals surface area contributed by atoms with Gasteiger partial charge in [-0.2, -0.15) is 5.10 Å². The summed E-state index contributed by atoms with van der Waals surface area (Å²) in [6.45, 7) is 0.337. The molecule has 5 rings (SSSR count). The summed E-state index contributed by atoms with van der Waals surface area (Å²) in [4.78, 5) is 25.5. The highest BCUT2D eigenvalue weighted by molar-refractivity contribution is 6.31. The Morgan fingerprint density at radius 3 is 2.79 bits per heavy atom. The number of benzene rings is 2. The average molecular weight is 397 g/mol. The highest BCUT2D eigenvalue weighted by Gasteiger charge is 2.54. The van der Waals surface area contributed by atoms with Crippen molar-refractivity contribution in [3.63, 3.8) is 0 Å². The third-order valence-corrected chi connectivity index (χ3v) is 5.71. The molecule has 0 aliphatic carbocycles. The molecule has 28 heavy (non-hydrogen) atoms. The summed E-state index contributed by atoms with van der Waals surface area (Å²) in [7, 11) is 0. The number of fused-ring (bicyclic) bond motifs is 4. The number of rotatable bonds is 2. The molecule has 1 spiro atoms.